The number of nitrogens with two attached hydrogens (primary N) is 1. The Kier molecular flexibility index (Phi) is 4.12. The molecule has 1 aliphatic heterocycles. The van der Waals surface area contributed by atoms with Gasteiger partial charge in [-0.3, -0.25) is 0 Å². The van der Waals surface area contributed by atoms with E-state index in [1.54, 1.807) is 0 Å². The Hall–Kier alpha value is -1.21. The van der Waals surface area contributed by atoms with Crippen LogP contribution in [0.25, 0.3) is 11.0 Å². The van der Waals surface area contributed by atoms with Gasteiger partial charge in [0.2, 0.25) is 0 Å². The van der Waals surface area contributed by atoms with Crippen molar-refractivity contribution in [3.63, 3.8) is 0 Å². The molecule has 1 aliphatic rings. The van der Waals surface area contributed by atoms with E-state index in [0.717, 1.165) is 41.7 Å². The standard InChI is InChI=1S/C14H20BrN6/c1-9(2)6-20-5-3-4-10(7-20)21-14-11(12(15)19-21)13(16)17-8-18-14/h8,10H,3-7H2,1-2H3,(H2,16,17,18)/t10-/m1/s1. The SMILES string of the molecule is C[C](C)CN1CCC[C@@H](n2nc(Br)c3c(N)ncnc32)C1. The molecule has 0 amide bonds. The molecule has 0 unspecified atom stereocenters. The molecule has 0 aliphatic carbocycles. The van der Waals surface area contributed by atoms with Crippen LogP contribution in [0, 0.1) is 5.92 Å². The number of halogens is 1. The molecule has 2 aromatic rings. The van der Waals surface area contributed by atoms with Crippen LogP contribution in [0.2, 0.25) is 0 Å². The second-order valence-electron chi connectivity index (χ2n) is 5.93. The van der Waals surface area contributed by atoms with E-state index in [9.17, 15) is 0 Å². The molecule has 3 heterocycles. The predicted molar refractivity (Wildman–Crippen MR) is 86.7 cm³/mol. The van der Waals surface area contributed by atoms with Crippen molar-refractivity contribution in [2.75, 3.05) is 25.4 Å². The Morgan fingerprint density at radius 1 is 1.43 bits per heavy atom. The number of rotatable bonds is 3. The minimum Gasteiger partial charge on any atom is -0.383 e. The fourth-order valence-corrected chi connectivity index (χ4v) is 3.58. The number of hydrogen-bond acceptors (Lipinski definition) is 5. The lowest BCUT2D eigenvalue weighted by Gasteiger charge is -2.33. The third-order valence-electron chi connectivity index (χ3n) is 3.84. The zero-order chi connectivity index (χ0) is 15.0. The molecule has 6 nitrogen and oxygen atoms in total. The molecule has 21 heavy (non-hydrogen) atoms. The molecule has 2 aromatic heterocycles. The van der Waals surface area contributed by atoms with Crippen molar-refractivity contribution in [2.45, 2.75) is 32.7 Å². The molecule has 3 rings (SSSR count). The largest absolute Gasteiger partial charge is 0.383 e. The van der Waals surface area contributed by atoms with E-state index in [0.29, 0.717) is 11.9 Å². The number of aromatic nitrogens is 4. The van der Waals surface area contributed by atoms with E-state index >= 15 is 0 Å². The van der Waals surface area contributed by atoms with Gasteiger partial charge >= 0.3 is 0 Å². The van der Waals surface area contributed by atoms with Crippen molar-refractivity contribution < 1.29 is 0 Å². The fourth-order valence-electron chi connectivity index (χ4n) is 3.03. The lowest BCUT2D eigenvalue weighted by atomic mass is 10.0. The average Bonchev–Trinajstić information content (AvgIpc) is 2.77. The van der Waals surface area contributed by atoms with Crippen LogP contribution in [-0.4, -0.2) is 44.3 Å². The molecular weight excluding hydrogens is 332 g/mol. The first-order valence-electron chi connectivity index (χ1n) is 7.22. The van der Waals surface area contributed by atoms with Gasteiger partial charge in [0.05, 0.1) is 11.4 Å². The van der Waals surface area contributed by atoms with Crippen molar-refractivity contribution in [3.8, 4) is 0 Å². The van der Waals surface area contributed by atoms with Crippen LogP contribution in [0.5, 0.6) is 0 Å². The third kappa shape index (κ3) is 2.89. The van der Waals surface area contributed by atoms with E-state index in [-0.39, 0.29) is 0 Å². The number of likely N-dealkylation sites (tertiary alicyclic amines) is 1. The van der Waals surface area contributed by atoms with Gasteiger partial charge in [-0.05, 0) is 41.2 Å². The molecule has 113 valence electrons. The maximum atomic E-state index is 5.94. The normalized spacial score (nSPS) is 20.5. The lowest BCUT2D eigenvalue weighted by Crippen LogP contribution is -2.38. The van der Waals surface area contributed by atoms with Crippen molar-refractivity contribution >= 4 is 32.8 Å². The highest BCUT2D eigenvalue weighted by Gasteiger charge is 2.25. The molecule has 2 N–H and O–H groups in total. The molecule has 1 saturated heterocycles. The van der Waals surface area contributed by atoms with Gasteiger partial charge in [-0.15, -0.1) is 0 Å². The van der Waals surface area contributed by atoms with Crippen LogP contribution in [0.3, 0.4) is 0 Å². The predicted octanol–water partition coefficient (Wildman–Crippen LogP) is 2.42. The van der Waals surface area contributed by atoms with Crippen LogP contribution in [0.1, 0.15) is 32.7 Å². The molecule has 0 spiro atoms. The Morgan fingerprint density at radius 2 is 2.24 bits per heavy atom. The first-order valence-corrected chi connectivity index (χ1v) is 8.01. The van der Waals surface area contributed by atoms with Crippen molar-refractivity contribution in [1.82, 2.24) is 24.6 Å². The Balaban J connectivity index is 1.91. The summed E-state index contributed by atoms with van der Waals surface area (Å²) in [5.41, 5.74) is 6.76. The van der Waals surface area contributed by atoms with Crippen LogP contribution in [0.4, 0.5) is 5.82 Å². The van der Waals surface area contributed by atoms with Gasteiger partial charge in [0, 0.05) is 13.1 Å². The van der Waals surface area contributed by atoms with Gasteiger partial charge in [0.25, 0.3) is 0 Å². The number of anilines is 1. The second kappa shape index (κ2) is 5.88. The first kappa shape index (κ1) is 14.7. The van der Waals surface area contributed by atoms with Crippen molar-refractivity contribution in [1.29, 1.82) is 0 Å². The third-order valence-corrected chi connectivity index (χ3v) is 4.40. The quantitative estimate of drug-likeness (QED) is 0.919. The lowest BCUT2D eigenvalue weighted by molar-refractivity contribution is 0.178. The number of hydrogen-bond donors (Lipinski definition) is 1. The summed E-state index contributed by atoms with van der Waals surface area (Å²) >= 11 is 3.48. The van der Waals surface area contributed by atoms with Gasteiger partial charge in [0.1, 0.15) is 16.7 Å². The molecule has 1 radical (unpaired) electrons. The van der Waals surface area contributed by atoms with E-state index in [4.69, 9.17) is 5.73 Å². The highest BCUT2D eigenvalue weighted by molar-refractivity contribution is 9.10. The monoisotopic (exact) mass is 351 g/mol. The fraction of sp³-hybridized carbons (Fsp3) is 0.571. The van der Waals surface area contributed by atoms with Gasteiger partial charge in [0.15, 0.2) is 5.65 Å². The summed E-state index contributed by atoms with van der Waals surface area (Å²) in [5.74, 6) is 1.91. The van der Waals surface area contributed by atoms with Crippen LogP contribution in [-0.2, 0) is 0 Å². The van der Waals surface area contributed by atoms with Gasteiger partial charge < -0.3 is 10.6 Å². The minimum atomic E-state index is 0.334. The molecule has 1 atom stereocenters. The molecule has 0 saturated carbocycles. The minimum absolute atomic E-state index is 0.334. The smallest absolute Gasteiger partial charge is 0.164 e. The maximum Gasteiger partial charge on any atom is 0.164 e. The Labute approximate surface area is 132 Å². The number of fused-ring (bicyclic) bond motifs is 1. The molecule has 0 aromatic carbocycles. The molecule has 7 heteroatoms. The van der Waals surface area contributed by atoms with Gasteiger partial charge in [-0.25, -0.2) is 14.6 Å². The molecule has 1 fully saturated rings. The number of nitrogen functional groups attached to an aromatic ring is 1. The molecular formula is C14H20BrN6. The van der Waals surface area contributed by atoms with E-state index in [2.05, 4.69) is 49.7 Å². The summed E-state index contributed by atoms with van der Waals surface area (Å²) in [6.07, 6.45) is 3.80. The Morgan fingerprint density at radius 3 is 3.00 bits per heavy atom. The highest BCUT2D eigenvalue weighted by atomic mass is 79.9. The summed E-state index contributed by atoms with van der Waals surface area (Å²) in [4.78, 5) is 10.9. The summed E-state index contributed by atoms with van der Waals surface area (Å²) < 4.78 is 2.74. The second-order valence-corrected chi connectivity index (χ2v) is 6.68. The summed E-state index contributed by atoms with van der Waals surface area (Å²) in [6, 6.07) is 0.334. The average molecular weight is 352 g/mol. The van der Waals surface area contributed by atoms with Gasteiger partial charge in [-0.1, -0.05) is 13.8 Å². The van der Waals surface area contributed by atoms with Crippen LogP contribution >= 0.6 is 15.9 Å². The maximum absolute atomic E-state index is 5.94. The van der Waals surface area contributed by atoms with Crippen LogP contribution < -0.4 is 5.73 Å². The van der Waals surface area contributed by atoms with Crippen LogP contribution in [0.15, 0.2) is 10.9 Å². The number of nitrogens with zero attached hydrogens (tertiary/aromatic N) is 5. The summed E-state index contributed by atoms with van der Waals surface area (Å²) in [6.45, 7) is 7.56. The van der Waals surface area contributed by atoms with Crippen molar-refractivity contribution in [3.05, 3.63) is 16.8 Å². The molecule has 0 bridgehead atoms. The van der Waals surface area contributed by atoms with E-state index in [1.165, 1.54) is 18.7 Å². The topological polar surface area (TPSA) is 72.9 Å². The Bertz CT molecular complexity index is 638. The van der Waals surface area contributed by atoms with E-state index in [1.807, 2.05) is 4.68 Å². The zero-order valence-corrected chi connectivity index (χ0v) is 14.0. The van der Waals surface area contributed by atoms with Gasteiger partial charge in [-0.2, -0.15) is 5.10 Å². The summed E-state index contributed by atoms with van der Waals surface area (Å²) in [5, 5.41) is 5.42. The van der Waals surface area contributed by atoms with E-state index < -0.39 is 0 Å². The zero-order valence-electron chi connectivity index (χ0n) is 12.4. The number of piperidine rings is 1. The summed E-state index contributed by atoms with van der Waals surface area (Å²) in [7, 11) is 0. The first-order chi connectivity index (χ1) is 10.1. The van der Waals surface area contributed by atoms with Crippen molar-refractivity contribution in [2.24, 2.45) is 0 Å². The highest BCUT2D eigenvalue weighted by Crippen LogP contribution is 2.30.